The van der Waals surface area contributed by atoms with Crippen molar-refractivity contribution >= 4 is 44.4 Å². The topological polar surface area (TPSA) is 56.7 Å². The van der Waals surface area contributed by atoms with E-state index in [0.29, 0.717) is 5.95 Å². The van der Waals surface area contributed by atoms with Crippen LogP contribution in [-0.2, 0) is 13.0 Å². The second-order valence-corrected chi connectivity index (χ2v) is 6.47. The molecule has 3 rings (SSSR count). The van der Waals surface area contributed by atoms with E-state index >= 15 is 0 Å². The molecule has 0 aliphatic rings. The molecule has 0 saturated heterocycles. The van der Waals surface area contributed by atoms with Gasteiger partial charge < -0.3 is 5.73 Å². The molecule has 6 heteroatoms. The minimum Gasteiger partial charge on any atom is -0.369 e. The molecule has 0 saturated carbocycles. The third kappa shape index (κ3) is 2.13. The predicted octanol–water partition coefficient (Wildman–Crippen LogP) is 3.08. The Morgan fingerprint density at radius 2 is 2.22 bits per heavy atom. The van der Waals surface area contributed by atoms with Crippen LogP contribution in [0.3, 0.4) is 0 Å². The van der Waals surface area contributed by atoms with E-state index in [2.05, 4.69) is 38.0 Å². The van der Waals surface area contributed by atoms with E-state index in [4.69, 9.17) is 5.73 Å². The Bertz CT molecular complexity index is 688. The number of fused-ring (bicyclic) bond motifs is 1. The summed E-state index contributed by atoms with van der Waals surface area (Å²) in [5.74, 6) is 0.527. The van der Waals surface area contributed by atoms with Crippen LogP contribution in [0.15, 0.2) is 34.2 Å². The van der Waals surface area contributed by atoms with Crippen molar-refractivity contribution in [3.63, 3.8) is 0 Å². The molecule has 18 heavy (non-hydrogen) atoms. The minimum absolute atomic E-state index is 0.527. The van der Waals surface area contributed by atoms with Crippen LogP contribution < -0.4 is 5.73 Å². The summed E-state index contributed by atoms with van der Waals surface area (Å²) in [6.45, 7) is 0.798. The van der Waals surface area contributed by atoms with Crippen LogP contribution in [0.2, 0.25) is 0 Å². The molecule has 3 heterocycles. The first-order valence-corrected chi connectivity index (χ1v) is 7.16. The van der Waals surface area contributed by atoms with E-state index in [-0.39, 0.29) is 0 Å². The third-order valence-corrected chi connectivity index (χ3v) is 4.43. The number of thiophene rings is 1. The molecule has 0 bridgehead atoms. The maximum absolute atomic E-state index is 5.93. The molecule has 0 radical (unpaired) electrons. The van der Waals surface area contributed by atoms with Gasteiger partial charge >= 0.3 is 0 Å². The van der Waals surface area contributed by atoms with Gasteiger partial charge in [0.25, 0.3) is 0 Å². The number of rotatable bonds is 3. The highest BCUT2D eigenvalue weighted by atomic mass is 79.9. The number of aryl methyl sites for hydroxylation is 2. The van der Waals surface area contributed by atoms with E-state index in [9.17, 15) is 0 Å². The van der Waals surface area contributed by atoms with Crippen molar-refractivity contribution in [3.8, 4) is 0 Å². The van der Waals surface area contributed by atoms with Crippen molar-refractivity contribution < 1.29 is 0 Å². The Kier molecular flexibility index (Phi) is 3.05. The summed E-state index contributed by atoms with van der Waals surface area (Å²) in [6, 6.07) is 7.98. The van der Waals surface area contributed by atoms with Gasteiger partial charge in [0.05, 0.1) is 3.79 Å². The molecule has 3 aromatic rings. The van der Waals surface area contributed by atoms with Crippen molar-refractivity contribution in [1.29, 1.82) is 0 Å². The molecular weight excluding hydrogens is 312 g/mol. The standard InChI is InChI=1S/C12H11BrN4S/c13-10-4-3-8(18-10)5-7-17-11-9(16-12(17)14)2-1-6-15-11/h1-4,6H,5,7H2,(H2,14,16). The lowest BCUT2D eigenvalue weighted by molar-refractivity contribution is 0.726. The molecule has 4 nitrogen and oxygen atoms in total. The monoisotopic (exact) mass is 322 g/mol. The van der Waals surface area contributed by atoms with Crippen molar-refractivity contribution in [2.24, 2.45) is 0 Å². The first-order chi connectivity index (χ1) is 8.74. The van der Waals surface area contributed by atoms with Crippen LogP contribution >= 0.6 is 27.3 Å². The zero-order valence-corrected chi connectivity index (χ0v) is 11.9. The van der Waals surface area contributed by atoms with E-state index in [0.717, 1.165) is 27.9 Å². The molecule has 0 amide bonds. The largest absolute Gasteiger partial charge is 0.369 e. The molecule has 0 fully saturated rings. The molecule has 0 aliphatic carbocycles. The third-order valence-electron chi connectivity index (χ3n) is 2.74. The number of halogens is 1. The van der Waals surface area contributed by atoms with Gasteiger partial charge in [-0.05, 0) is 46.6 Å². The second kappa shape index (κ2) is 4.70. The molecule has 0 unspecified atom stereocenters. The Morgan fingerprint density at radius 1 is 1.33 bits per heavy atom. The fraction of sp³-hybridized carbons (Fsp3) is 0.167. The zero-order chi connectivity index (χ0) is 12.5. The van der Waals surface area contributed by atoms with Gasteiger partial charge in [-0.25, -0.2) is 9.97 Å². The number of pyridine rings is 1. The van der Waals surface area contributed by atoms with E-state index in [1.54, 1.807) is 17.5 Å². The molecule has 0 atom stereocenters. The van der Waals surface area contributed by atoms with Crippen LogP contribution in [0, 0.1) is 0 Å². The molecule has 0 aliphatic heterocycles. The summed E-state index contributed by atoms with van der Waals surface area (Å²) >= 11 is 5.21. The highest BCUT2D eigenvalue weighted by molar-refractivity contribution is 9.11. The van der Waals surface area contributed by atoms with E-state index < -0.39 is 0 Å². The number of nitrogens with zero attached hydrogens (tertiary/aromatic N) is 3. The van der Waals surface area contributed by atoms with Gasteiger partial charge in [0.1, 0.15) is 5.52 Å². The van der Waals surface area contributed by atoms with Crippen LogP contribution in [-0.4, -0.2) is 14.5 Å². The average Bonchev–Trinajstić information content (AvgIpc) is 2.90. The fourth-order valence-electron chi connectivity index (χ4n) is 1.90. The number of imidazole rings is 1. The smallest absolute Gasteiger partial charge is 0.202 e. The Morgan fingerprint density at radius 3 is 3.00 bits per heavy atom. The van der Waals surface area contributed by atoms with Crippen LogP contribution in [0.5, 0.6) is 0 Å². The van der Waals surface area contributed by atoms with E-state index in [1.165, 1.54) is 4.88 Å². The molecule has 0 aromatic carbocycles. The predicted molar refractivity (Wildman–Crippen MR) is 77.7 cm³/mol. The van der Waals surface area contributed by atoms with Crippen LogP contribution in [0.1, 0.15) is 4.88 Å². The number of hydrogen-bond donors (Lipinski definition) is 1. The van der Waals surface area contributed by atoms with Gasteiger partial charge in [-0.2, -0.15) is 0 Å². The SMILES string of the molecule is Nc1nc2cccnc2n1CCc1ccc(Br)s1. The van der Waals surface area contributed by atoms with Crippen LogP contribution in [0.25, 0.3) is 11.2 Å². The van der Waals surface area contributed by atoms with Crippen molar-refractivity contribution in [1.82, 2.24) is 14.5 Å². The Hall–Kier alpha value is -1.40. The summed E-state index contributed by atoms with van der Waals surface area (Å²) < 4.78 is 3.11. The first kappa shape index (κ1) is 11.7. The maximum Gasteiger partial charge on any atom is 0.202 e. The summed E-state index contributed by atoms with van der Waals surface area (Å²) in [6.07, 6.45) is 2.70. The van der Waals surface area contributed by atoms with E-state index in [1.807, 2.05) is 16.7 Å². The minimum atomic E-state index is 0.527. The van der Waals surface area contributed by atoms with Crippen molar-refractivity contribution in [3.05, 3.63) is 39.1 Å². The molecule has 92 valence electrons. The van der Waals surface area contributed by atoms with Gasteiger partial charge in [0, 0.05) is 17.6 Å². The van der Waals surface area contributed by atoms with Gasteiger partial charge in [0.2, 0.25) is 5.95 Å². The highest BCUT2D eigenvalue weighted by Crippen LogP contribution is 2.23. The fourth-order valence-corrected chi connectivity index (χ4v) is 3.38. The van der Waals surface area contributed by atoms with Gasteiger partial charge in [-0.15, -0.1) is 11.3 Å². The number of aromatic nitrogens is 3. The van der Waals surface area contributed by atoms with Gasteiger partial charge in [0.15, 0.2) is 5.65 Å². The number of nitrogens with two attached hydrogens (primary N) is 1. The normalized spacial score (nSPS) is 11.2. The maximum atomic E-state index is 5.93. The lowest BCUT2D eigenvalue weighted by Gasteiger charge is -2.04. The summed E-state index contributed by atoms with van der Waals surface area (Å²) in [4.78, 5) is 9.96. The van der Waals surface area contributed by atoms with Gasteiger partial charge in [-0.1, -0.05) is 0 Å². The zero-order valence-electron chi connectivity index (χ0n) is 9.51. The lowest BCUT2D eigenvalue weighted by Crippen LogP contribution is -2.05. The molecule has 2 N–H and O–H groups in total. The average molecular weight is 323 g/mol. The van der Waals surface area contributed by atoms with Crippen LogP contribution in [0.4, 0.5) is 5.95 Å². The number of hydrogen-bond acceptors (Lipinski definition) is 4. The lowest BCUT2D eigenvalue weighted by atomic mass is 10.3. The molecule has 0 spiro atoms. The summed E-state index contributed by atoms with van der Waals surface area (Å²) in [5, 5.41) is 0. The summed E-state index contributed by atoms with van der Waals surface area (Å²) in [7, 11) is 0. The molecule has 3 aromatic heterocycles. The summed E-state index contributed by atoms with van der Waals surface area (Å²) in [5.41, 5.74) is 7.63. The Balaban J connectivity index is 1.88. The first-order valence-electron chi connectivity index (χ1n) is 5.55. The molecular formula is C12H11BrN4S. The van der Waals surface area contributed by atoms with Crippen molar-refractivity contribution in [2.45, 2.75) is 13.0 Å². The van der Waals surface area contributed by atoms with Crippen molar-refractivity contribution in [2.75, 3.05) is 5.73 Å². The number of anilines is 1. The second-order valence-electron chi connectivity index (χ2n) is 3.92. The highest BCUT2D eigenvalue weighted by Gasteiger charge is 2.08. The quantitative estimate of drug-likeness (QED) is 0.806. The number of nitrogen functional groups attached to an aromatic ring is 1. The Labute approximate surface area is 117 Å². The van der Waals surface area contributed by atoms with Gasteiger partial charge in [-0.3, -0.25) is 4.57 Å².